The van der Waals surface area contributed by atoms with Crippen molar-refractivity contribution in [2.24, 2.45) is 20.7 Å². The van der Waals surface area contributed by atoms with Crippen LogP contribution in [0.25, 0.3) is 0 Å². The van der Waals surface area contributed by atoms with Gasteiger partial charge in [0, 0.05) is 0 Å². The van der Waals surface area contributed by atoms with E-state index in [-0.39, 0.29) is 17.4 Å². The molecule has 0 atom stereocenters. The van der Waals surface area contributed by atoms with Crippen LogP contribution in [0, 0.1) is 26.4 Å². The van der Waals surface area contributed by atoms with Crippen LogP contribution in [0.2, 0.25) is 0 Å². The molecule has 17 heavy (non-hydrogen) atoms. The maximum atomic E-state index is 10.8. The lowest BCUT2D eigenvalue weighted by Gasteiger charge is -1.93. The van der Waals surface area contributed by atoms with Crippen molar-refractivity contribution in [2.45, 2.75) is 0 Å². The molecular formula is C7H3N6O4+. The number of benzene rings is 1. The summed E-state index contributed by atoms with van der Waals surface area (Å²) in [6.07, 6.45) is -0.0494. The number of nitrogens with zero attached hydrogens (tertiary/aromatic N) is 6. The Hall–Kier alpha value is -2.91. The summed E-state index contributed by atoms with van der Waals surface area (Å²) in [5.74, 6) is 0. The molecule has 1 heterocycles. The van der Waals surface area contributed by atoms with E-state index < -0.39 is 15.5 Å². The van der Waals surface area contributed by atoms with Crippen molar-refractivity contribution in [1.29, 1.82) is 0 Å². The highest BCUT2D eigenvalue weighted by Crippen LogP contribution is 2.33. The number of nitro benzene ring substituents is 2. The van der Waals surface area contributed by atoms with Crippen molar-refractivity contribution in [3.63, 3.8) is 0 Å². The van der Waals surface area contributed by atoms with Gasteiger partial charge in [-0.2, -0.15) is 0 Å². The molecule has 10 heteroatoms. The van der Waals surface area contributed by atoms with E-state index in [9.17, 15) is 20.2 Å². The minimum Gasteiger partial charge on any atom is -0.258 e. The third-order valence-electron chi connectivity index (χ3n) is 1.95. The molecular weight excluding hydrogens is 232 g/mol. The number of non-ortho nitro benzene ring substituents is 1. The Morgan fingerprint density at radius 1 is 1.06 bits per heavy atom. The first-order valence-electron chi connectivity index (χ1n) is 4.21. The van der Waals surface area contributed by atoms with E-state index >= 15 is 0 Å². The van der Waals surface area contributed by atoms with Gasteiger partial charge in [0.25, 0.3) is 5.56 Å². The van der Waals surface area contributed by atoms with Crippen molar-refractivity contribution in [3.8, 4) is 0 Å². The number of nitro groups is 2. The van der Waals surface area contributed by atoms with Crippen LogP contribution < -0.4 is 0 Å². The molecule has 0 saturated carbocycles. The van der Waals surface area contributed by atoms with Crippen LogP contribution in [0.1, 0.15) is 5.56 Å². The molecule has 0 aromatic heterocycles. The molecule has 84 valence electrons. The topological polar surface area (TPSA) is 136 Å². The standard InChI is InChI=1S/C7H3N6O4/c14-12(15)4-1-2-5(6(3-4)13(16)17)7-8-10-11-9-7/h1-3H/q+1. The van der Waals surface area contributed by atoms with Crippen molar-refractivity contribution in [1.82, 2.24) is 0 Å². The Morgan fingerprint density at radius 3 is 2.24 bits per heavy atom. The Labute approximate surface area is 93.0 Å². The molecule has 0 radical (unpaired) electrons. The highest BCUT2D eigenvalue weighted by Gasteiger charge is 2.36. The molecule has 1 aromatic carbocycles. The van der Waals surface area contributed by atoms with Crippen LogP contribution >= 0.6 is 0 Å². The predicted octanol–water partition coefficient (Wildman–Crippen LogP) is 2.17. The zero-order chi connectivity index (χ0) is 12.4. The van der Waals surface area contributed by atoms with Crippen LogP contribution in [0.4, 0.5) is 11.4 Å². The summed E-state index contributed by atoms with van der Waals surface area (Å²) in [6.45, 7) is 0. The number of hydrogen-bond acceptors (Lipinski definition) is 8. The van der Waals surface area contributed by atoms with Crippen molar-refractivity contribution < 1.29 is 9.85 Å². The maximum Gasteiger partial charge on any atom is 0.388 e. The molecule has 0 fully saturated rings. The lowest BCUT2D eigenvalue weighted by atomic mass is 10.1. The highest BCUT2D eigenvalue weighted by atomic mass is 16.6. The minimum absolute atomic E-state index is 0.0330. The van der Waals surface area contributed by atoms with Gasteiger partial charge >= 0.3 is 17.5 Å². The van der Waals surface area contributed by atoms with E-state index in [1.54, 1.807) is 0 Å². The fraction of sp³-hybridized carbons (Fsp3) is 0. The third-order valence-corrected chi connectivity index (χ3v) is 1.95. The largest absolute Gasteiger partial charge is 0.388 e. The van der Waals surface area contributed by atoms with Gasteiger partial charge in [-0.05, 0) is 20.7 Å². The van der Waals surface area contributed by atoms with Gasteiger partial charge in [-0.25, -0.2) is 10.1 Å². The Balaban J connectivity index is 2.52. The minimum atomic E-state index is -0.751. The number of rotatable bonds is 3. The smallest absolute Gasteiger partial charge is 0.258 e. The highest BCUT2D eigenvalue weighted by molar-refractivity contribution is 5.54. The summed E-state index contributed by atoms with van der Waals surface area (Å²) >= 11 is 0. The molecule has 10 nitrogen and oxygen atoms in total. The zero-order valence-electron chi connectivity index (χ0n) is 8.05. The van der Waals surface area contributed by atoms with Crippen molar-refractivity contribution >= 4 is 11.4 Å². The van der Waals surface area contributed by atoms with Crippen LogP contribution in [-0.4, -0.2) is 9.85 Å². The molecule has 0 spiro atoms. The van der Waals surface area contributed by atoms with E-state index in [2.05, 4.69) is 20.7 Å². The van der Waals surface area contributed by atoms with Gasteiger partial charge in [-0.3, -0.25) is 10.1 Å². The molecule has 0 bridgehead atoms. The quantitative estimate of drug-likeness (QED) is 0.450. The Morgan fingerprint density at radius 2 is 1.71 bits per heavy atom. The fourth-order valence-electron chi connectivity index (χ4n) is 1.23. The second-order valence-corrected chi connectivity index (χ2v) is 2.92. The summed E-state index contributed by atoms with van der Waals surface area (Å²) in [4.78, 5) is 19.8. The first-order chi connectivity index (χ1) is 8.09. The van der Waals surface area contributed by atoms with Gasteiger partial charge in [-0.1, -0.05) is 0 Å². The monoisotopic (exact) mass is 235 g/mol. The van der Waals surface area contributed by atoms with Crippen LogP contribution in [0.5, 0.6) is 0 Å². The summed E-state index contributed by atoms with van der Waals surface area (Å²) < 4.78 is 0. The van der Waals surface area contributed by atoms with Gasteiger partial charge < -0.3 is 0 Å². The molecule has 0 N–H and O–H groups in total. The molecule has 0 aliphatic carbocycles. The summed E-state index contributed by atoms with van der Waals surface area (Å²) in [7, 11) is 0. The molecule has 1 aliphatic rings. The average molecular weight is 235 g/mol. The van der Waals surface area contributed by atoms with E-state index in [0.717, 1.165) is 12.1 Å². The molecule has 0 saturated heterocycles. The van der Waals surface area contributed by atoms with Crippen LogP contribution in [0.15, 0.2) is 38.9 Å². The van der Waals surface area contributed by atoms with E-state index in [0.29, 0.717) is 0 Å². The average Bonchev–Trinajstić information content (AvgIpc) is 2.81. The van der Waals surface area contributed by atoms with Gasteiger partial charge in [0.1, 0.15) is 4.92 Å². The van der Waals surface area contributed by atoms with Crippen LogP contribution in [0.3, 0.4) is 0 Å². The van der Waals surface area contributed by atoms with Gasteiger partial charge in [-0.15, -0.1) is 0 Å². The zero-order valence-corrected chi connectivity index (χ0v) is 8.05. The predicted molar refractivity (Wildman–Crippen MR) is 51.8 cm³/mol. The molecule has 0 amide bonds. The third kappa shape index (κ3) is 1.90. The molecule has 0 unspecified atom stereocenters. The SMILES string of the molecule is O=[N+]([O-])c1ccc([C+]2N=NN=N2)c([N+](=O)[O-])c1. The van der Waals surface area contributed by atoms with E-state index in [1.165, 1.54) is 6.07 Å². The summed E-state index contributed by atoms with van der Waals surface area (Å²) in [5.41, 5.74) is -0.812. The maximum absolute atomic E-state index is 10.8. The second kappa shape index (κ2) is 3.92. The van der Waals surface area contributed by atoms with Gasteiger partial charge in [0.2, 0.25) is 0 Å². The van der Waals surface area contributed by atoms with Crippen LogP contribution in [-0.2, 0) is 0 Å². The first kappa shape index (κ1) is 10.6. The normalized spacial score (nSPS) is 13.1. The summed E-state index contributed by atoms with van der Waals surface area (Å²) in [5, 5.41) is 34.6. The van der Waals surface area contributed by atoms with E-state index in [1.807, 2.05) is 0 Å². The van der Waals surface area contributed by atoms with Gasteiger partial charge in [0.05, 0.1) is 17.1 Å². The Bertz CT molecular complexity index is 541. The first-order valence-corrected chi connectivity index (χ1v) is 4.21. The lowest BCUT2D eigenvalue weighted by molar-refractivity contribution is -0.394. The lowest BCUT2D eigenvalue weighted by Crippen LogP contribution is -2.00. The van der Waals surface area contributed by atoms with E-state index in [4.69, 9.17) is 0 Å². The molecule has 1 aromatic rings. The van der Waals surface area contributed by atoms with Crippen molar-refractivity contribution in [3.05, 3.63) is 50.2 Å². The number of hydrogen-bond donors (Lipinski definition) is 0. The summed E-state index contributed by atoms with van der Waals surface area (Å²) in [6, 6.07) is 3.15. The fourth-order valence-corrected chi connectivity index (χ4v) is 1.23. The second-order valence-electron chi connectivity index (χ2n) is 2.92. The van der Waals surface area contributed by atoms with Crippen molar-refractivity contribution in [2.75, 3.05) is 0 Å². The molecule has 2 rings (SSSR count). The Kier molecular flexibility index (Phi) is 2.45. The molecule has 1 aliphatic heterocycles. The van der Waals surface area contributed by atoms with Gasteiger partial charge in [0.15, 0.2) is 6.07 Å².